The van der Waals surface area contributed by atoms with Gasteiger partial charge in [-0.2, -0.15) is 0 Å². The fourth-order valence-electron chi connectivity index (χ4n) is 3.35. The molecule has 1 saturated heterocycles. The Hall–Kier alpha value is -1.35. The summed E-state index contributed by atoms with van der Waals surface area (Å²) in [6, 6.07) is 8.56. The van der Waals surface area contributed by atoms with Gasteiger partial charge in [0.15, 0.2) is 0 Å². The van der Waals surface area contributed by atoms with Crippen LogP contribution in [0.4, 0.5) is 0 Å². The molecule has 1 aromatic carbocycles. The lowest BCUT2D eigenvalue weighted by molar-refractivity contribution is -0.153. The third kappa shape index (κ3) is 2.47. The molecule has 0 aromatic heterocycles. The molecule has 2 aliphatic rings. The number of piperidine rings is 1. The lowest BCUT2D eigenvalue weighted by atomic mass is 9.87. The van der Waals surface area contributed by atoms with Gasteiger partial charge in [-0.15, -0.1) is 0 Å². The SMILES string of the molecule is CC1(C(=O)O)CCCCN1Cc1ccccc1C1CC1. The van der Waals surface area contributed by atoms with Crippen LogP contribution in [0.25, 0.3) is 0 Å². The van der Waals surface area contributed by atoms with Gasteiger partial charge >= 0.3 is 5.97 Å². The van der Waals surface area contributed by atoms with E-state index in [9.17, 15) is 9.90 Å². The lowest BCUT2D eigenvalue weighted by Crippen LogP contribution is -2.54. The highest BCUT2D eigenvalue weighted by atomic mass is 16.4. The van der Waals surface area contributed by atoms with Crippen molar-refractivity contribution >= 4 is 5.97 Å². The van der Waals surface area contributed by atoms with Gasteiger partial charge in [-0.05, 0) is 62.6 Å². The highest BCUT2D eigenvalue weighted by Crippen LogP contribution is 2.42. The first-order valence-corrected chi connectivity index (χ1v) is 7.67. The largest absolute Gasteiger partial charge is 0.480 e. The first kappa shape index (κ1) is 13.6. The number of carbonyl (C=O) groups is 1. The number of hydrogen-bond acceptors (Lipinski definition) is 2. The Balaban J connectivity index is 1.84. The van der Waals surface area contributed by atoms with Gasteiger partial charge in [0.2, 0.25) is 0 Å². The summed E-state index contributed by atoms with van der Waals surface area (Å²) in [5, 5.41) is 9.60. The molecule has 0 bridgehead atoms. The first-order valence-electron chi connectivity index (χ1n) is 7.67. The van der Waals surface area contributed by atoms with E-state index in [1.165, 1.54) is 24.0 Å². The molecule has 1 atom stereocenters. The molecule has 0 spiro atoms. The van der Waals surface area contributed by atoms with Gasteiger partial charge in [-0.3, -0.25) is 9.69 Å². The Bertz CT molecular complexity index is 509. The van der Waals surface area contributed by atoms with Gasteiger partial charge in [0.25, 0.3) is 0 Å². The van der Waals surface area contributed by atoms with Crippen molar-refractivity contribution in [1.29, 1.82) is 0 Å². The second kappa shape index (κ2) is 5.21. The first-order chi connectivity index (χ1) is 9.61. The quantitative estimate of drug-likeness (QED) is 0.914. The van der Waals surface area contributed by atoms with Crippen LogP contribution >= 0.6 is 0 Å². The zero-order valence-electron chi connectivity index (χ0n) is 12.1. The summed E-state index contributed by atoms with van der Waals surface area (Å²) in [6.07, 6.45) is 5.45. The molecule has 0 radical (unpaired) electrons. The normalized spacial score (nSPS) is 27.4. The summed E-state index contributed by atoms with van der Waals surface area (Å²) in [5.41, 5.74) is 2.06. The van der Waals surface area contributed by atoms with Crippen molar-refractivity contribution in [2.24, 2.45) is 0 Å². The van der Waals surface area contributed by atoms with Gasteiger partial charge in [-0.25, -0.2) is 0 Å². The van der Waals surface area contributed by atoms with E-state index >= 15 is 0 Å². The Morgan fingerprint density at radius 1 is 1.35 bits per heavy atom. The minimum absolute atomic E-state index is 0.680. The topological polar surface area (TPSA) is 40.5 Å². The molecule has 1 saturated carbocycles. The van der Waals surface area contributed by atoms with E-state index in [0.29, 0.717) is 5.92 Å². The van der Waals surface area contributed by atoms with Crippen LogP contribution < -0.4 is 0 Å². The Kier molecular flexibility index (Phi) is 3.55. The molecule has 3 rings (SSSR count). The maximum atomic E-state index is 11.7. The summed E-state index contributed by atoms with van der Waals surface area (Å²) in [5.74, 6) is 0.0353. The molecule has 1 aromatic rings. The Morgan fingerprint density at radius 2 is 2.10 bits per heavy atom. The summed E-state index contributed by atoms with van der Waals surface area (Å²) in [6.45, 7) is 3.55. The molecular formula is C17H23NO2. The molecule has 1 aliphatic carbocycles. The number of hydrogen-bond donors (Lipinski definition) is 1. The third-order valence-corrected chi connectivity index (χ3v) is 4.93. The van der Waals surface area contributed by atoms with Crippen LogP contribution in [0.5, 0.6) is 0 Å². The van der Waals surface area contributed by atoms with E-state index in [2.05, 4.69) is 29.2 Å². The molecule has 1 N–H and O–H groups in total. The predicted octanol–water partition coefficient (Wildman–Crippen LogP) is 3.39. The summed E-state index contributed by atoms with van der Waals surface area (Å²) < 4.78 is 0. The number of likely N-dealkylation sites (tertiary alicyclic amines) is 1. The lowest BCUT2D eigenvalue weighted by Gasteiger charge is -2.42. The Morgan fingerprint density at radius 3 is 2.80 bits per heavy atom. The van der Waals surface area contributed by atoms with E-state index in [1.807, 2.05) is 6.92 Å². The number of nitrogens with zero attached hydrogens (tertiary/aromatic N) is 1. The van der Waals surface area contributed by atoms with Crippen LogP contribution in [0.2, 0.25) is 0 Å². The second-order valence-corrected chi connectivity index (χ2v) is 6.43. The maximum absolute atomic E-state index is 11.7. The zero-order chi connectivity index (χ0) is 14.2. The number of carboxylic acid groups (broad SMARTS) is 1. The fraction of sp³-hybridized carbons (Fsp3) is 0.588. The molecular weight excluding hydrogens is 250 g/mol. The zero-order valence-corrected chi connectivity index (χ0v) is 12.1. The van der Waals surface area contributed by atoms with Crippen LogP contribution in [0.1, 0.15) is 56.1 Å². The molecule has 1 unspecified atom stereocenters. The van der Waals surface area contributed by atoms with Gasteiger partial charge in [-0.1, -0.05) is 24.3 Å². The van der Waals surface area contributed by atoms with Crippen LogP contribution in [0.15, 0.2) is 24.3 Å². The maximum Gasteiger partial charge on any atom is 0.323 e. The minimum Gasteiger partial charge on any atom is -0.480 e. The predicted molar refractivity (Wildman–Crippen MR) is 78.7 cm³/mol. The molecule has 3 nitrogen and oxygen atoms in total. The average Bonchev–Trinajstić information content (AvgIpc) is 3.26. The third-order valence-electron chi connectivity index (χ3n) is 4.93. The smallest absolute Gasteiger partial charge is 0.323 e. The van der Waals surface area contributed by atoms with E-state index in [-0.39, 0.29) is 0 Å². The van der Waals surface area contributed by atoms with Crippen molar-refractivity contribution in [2.45, 2.75) is 57.0 Å². The highest BCUT2D eigenvalue weighted by molar-refractivity contribution is 5.78. The summed E-state index contributed by atoms with van der Waals surface area (Å²) >= 11 is 0. The number of aliphatic carboxylic acids is 1. The summed E-state index contributed by atoms with van der Waals surface area (Å²) in [4.78, 5) is 13.8. The van der Waals surface area contributed by atoms with E-state index in [4.69, 9.17) is 0 Å². The standard InChI is InChI=1S/C17H23NO2/c1-17(16(19)20)10-4-5-11-18(17)12-14-6-2-3-7-15(14)13-8-9-13/h2-3,6-7,13H,4-5,8-12H2,1H3,(H,19,20). The van der Waals surface area contributed by atoms with Gasteiger partial charge in [0, 0.05) is 6.54 Å². The number of carboxylic acids is 1. The van der Waals surface area contributed by atoms with Crippen molar-refractivity contribution in [2.75, 3.05) is 6.54 Å². The van der Waals surface area contributed by atoms with E-state index in [1.54, 1.807) is 0 Å². The molecule has 3 heteroatoms. The molecule has 0 amide bonds. The van der Waals surface area contributed by atoms with Crippen molar-refractivity contribution in [3.05, 3.63) is 35.4 Å². The van der Waals surface area contributed by atoms with Crippen LogP contribution in [0, 0.1) is 0 Å². The molecule has 2 fully saturated rings. The van der Waals surface area contributed by atoms with Crippen molar-refractivity contribution in [1.82, 2.24) is 4.90 Å². The minimum atomic E-state index is -0.699. The van der Waals surface area contributed by atoms with E-state index < -0.39 is 11.5 Å². The summed E-state index contributed by atoms with van der Waals surface area (Å²) in [7, 11) is 0. The van der Waals surface area contributed by atoms with Gasteiger partial charge < -0.3 is 5.11 Å². The fourth-order valence-corrected chi connectivity index (χ4v) is 3.35. The molecule has 20 heavy (non-hydrogen) atoms. The van der Waals surface area contributed by atoms with Crippen molar-refractivity contribution in [3.63, 3.8) is 0 Å². The Labute approximate surface area is 120 Å². The number of rotatable bonds is 4. The monoisotopic (exact) mass is 273 g/mol. The van der Waals surface area contributed by atoms with E-state index in [0.717, 1.165) is 32.4 Å². The van der Waals surface area contributed by atoms with Crippen LogP contribution in [-0.2, 0) is 11.3 Å². The molecule has 1 aliphatic heterocycles. The highest BCUT2D eigenvalue weighted by Gasteiger charge is 2.41. The van der Waals surface area contributed by atoms with Crippen molar-refractivity contribution in [3.8, 4) is 0 Å². The molecule has 1 heterocycles. The van der Waals surface area contributed by atoms with Gasteiger partial charge in [0.05, 0.1) is 0 Å². The number of benzene rings is 1. The van der Waals surface area contributed by atoms with Crippen molar-refractivity contribution < 1.29 is 9.90 Å². The van der Waals surface area contributed by atoms with Crippen LogP contribution in [0.3, 0.4) is 0 Å². The molecule has 108 valence electrons. The van der Waals surface area contributed by atoms with Gasteiger partial charge in [0.1, 0.15) is 5.54 Å². The van der Waals surface area contributed by atoms with Crippen LogP contribution in [-0.4, -0.2) is 28.1 Å². The average molecular weight is 273 g/mol. The second-order valence-electron chi connectivity index (χ2n) is 6.43.